The maximum absolute atomic E-state index is 13.2. The Bertz CT molecular complexity index is 1160. The molecule has 0 spiro atoms. The number of hydrogen-bond donors (Lipinski definition) is 1. The molecule has 0 aliphatic carbocycles. The van der Waals surface area contributed by atoms with E-state index in [1.165, 1.54) is 12.1 Å². The van der Waals surface area contributed by atoms with Crippen molar-refractivity contribution in [3.63, 3.8) is 0 Å². The van der Waals surface area contributed by atoms with Crippen LogP contribution in [0.3, 0.4) is 0 Å². The molecule has 0 radical (unpaired) electrons. The standard InChI is InChI=1S/C23H24FN5O2S/c1-27-8-10-28(11-9-27)23-26-19-7-4-17(13-20(19)32-23)25-22(31)15-12-21(30)29(14-15)18-5-2-16(24)3-6-18/h2-7,13,15H,8-12,14H2,1H3,(H,25,31). The maximum atomic E-state index is 13.2. The van der Waals surface area contributed by atoms with Gasteiger partial charge in [-0.25, -0.2) is 9.37 Å². The number of piperazine rings is 1. The number of amides is 2. The van der Waals surface area contributed by atoms with E-state index in [4.69, 9.17) is 4.98 Å². The number of benzene rings is 2. The van der Waals surface area contributed by atoms with E-state index < -0.39 is 5.92 Å². The van der Waals surface area contributed by atoms with Crippen LogP contribution in [0.2, 0.25) is 0 Å². The molecule has 1 N–H and O–H groups in total. The third kappa shape index (κ3) is 4.18. The molecule has 2 saturated heterocycles. The second-order valence-electron chi connectivity index (χ2n) is 8.34. The summed E-state index contributed by atoms with van der Waals surface area (Å²) in [4.78, 5) is 36.2. The highest BCUT2D eigenvalue weighted by atomic mass is 32.1. The lowest BCUT2D eigenvalue weighted by atomic mass is 10.1. The Morgan fingerprint density at radius 1 is 1.12 bits per heavy atom. The summed E-state index contributed by atoms with van der Waals surface area (Å²) >= 11 is 1.63. The molecule has 0 saturated carbocycles. The van der Waals surface area contributed by atoms with E-state index in [1.54, 1.807) is 28.4 Å². The first-order valence-electron chi connectivity index (χ1n) is 10.7. The highest BCUT2D eigenvalue weighted by Crippen LogP contribution is 2.32. The summed E-state index contributed by atoms with van der Waals surface area (Å²) in [5.74, 6) is -1.13. The molecule has 166 valence electrons. The summed E-state index contributed by atoms with van der Waals surface area (Å²) < 4.78 is 14.2. The van der Waals surface area contributed by atoms with Crippen LogP contribution >= 0.6 is 11.3 Å². The van der Waals surface area contributed by atoms with Gasteiger partial charge in [0, 0.05) is 50.5 Å². The van der Waals surface area contributed by atoms with Crippen molar-refractivity contribution in [1.82, 2.24) is 9.88 Å². The van der Waals surface area contributed by atoms with Crippen molar-refractivity contribution in [2.75, 3.05) is 54.9 Å². The number of fused-ring (bicyclic) bond motifs is 1. The van der Waals surface area contributed by atoms with Crippen LogP contribution in [0.1, 0.15) is 6.42 Å². The monoisotopic (exact) mass is 453 g/mol. The number of carbonyl (C=O) groups is 2. The van der Waals surface area contributed by atoms with Gasteiger partial charge in [-0.1, -0.05) is 11.3 Å². The van der Waals surface area contributed by atoms with Crippen molar-refractivity contribution >= 4 is 49.9 Å². The fourth-order valence-corrected chi connectivity index (χ4v) is 5.18. The van der Waals surface area contributed by atoms with E-state index in [1.807, 2.05) is 18.2 Å². The van der Waals surface area contributed by atoms with E-state index in [0.29, 0.717) is 11.4 Å². The molecule has 5 rings (SSSR count). The first kappa shape index (κ1) is 20.8. The second kappa shape index (κ2) is 8.48. The quantitative estimate of drug-likeness (QED) is 0.657. The van der Waals surface area contributed by atoms with Gasteiger partial charge in [0.15, 0.2) is 5.13 Å². The summed E-state index contributed by atoms with van der Waals surface area (Å²) in [6.45, 7) is 4.24. The van der Waals surface area contributed by atoms with Crippen molar-refractivity contribution in [3.05, 3.63) is 48.3 Å². The number of nitrogens with one attached hydrogen (secondary N) is 1. The molecule has 9 heteroatoms. The Morgan fingerprint density at radius 3 is 2.62 bits per heavy atom. The molecule has 32 heavy (non-hydrogen) atoms. The number of rotatable bonds is 4. The van der Waals surface area contributed by atoms with Gasteiger partial charge in [-0.2, -0.15) is 0 Å². The molecular formula is C23H24FN5O2S. The summed E-state index contributed by atoms with van der Waals surface area (Å²) in [5.41, 5.74) is 2.22. The summed E-state index contributed by atoms with van der Waals surface area (Å²) in [7, 11) is 2.13. The Hall–Kier alpha value is -3.04. The van der Waals surface area contributed by atoms with Crippen LogP contribution in [-0.4, -0.2) is 61.5 Å². The number of carbonyl (C=O) groups excluding carboxylic acids is 2. The van der Waals surface area contributed by atoms with Gasteiger partial charge in [-0.05, 0) is 49.5 Å². The highest BCUT2D eigenvalue weighted by Gasteiger charge is 2.35. The van der Waals surface area contributed by atoms with Gasteiger partial charge in [0.2, 0.25) is 11.8 Å². The molecule has 2 amide bonds. The van der Waals surface area contributed by atoms with Crippen molar-refractivity contribution in [2.45, 2.75) is 6.42 Å². The normalized spacial score (nSPS) is 19.7. The van der Waals surface area contributed by atoms with Gasteiger partial charge in [0.1, 0.15) is 5.82 Å². The molecule has 2 aliphatic heterocycles. The number of nitrogens with zero attached hydrogens (tertiary/aromatic N) is 4. The van der Waals surface area contributed by atoms with Crippen LogP contribution in [0.4, 0.5) is 20.9 Å². The fourth-order valence-electron chi connectivity index (χ4n) is 4.12. The van der Waals surface area contributed by atoms with Gasteiger partial charge >= 0.3 is 0 Å². The van der Waals surface area contributed by atoms with Crippen LogP contribution in [0.15, 0.2) is 42.5 Å². The number of anilines is 3. The number of aromatic nitrogens is 1. The largest absolute Gasteiger partial charge is 0.345 e. The van der Waals surface area contributed by atoms with Crippen LogP contribution in [0.25, 0.3) is 10.2 Å². The Labute approximate surface area is 189 Å². The zero-order chi connectivity index (χ0) is 22.2. The molecule has 2 aliphatic rings. The minimum absolute atomic E-state index is 0.133. The third-order valence-electron chi connectivity index (χ3n) is 6.05. The minimum Gasteiger partial charge on any atom is -0.345 e. The molecule has 1 unspecified atom stereocenters. The predicted octanol–water partition coefficient (Wildman–Crippen LogP) is 3.18. The summed E-state index contributed by atoms with van der Waals surface area (Å²) in [6, 6.07) is 11.5. The van der Waals surface area contributed by atoms with Gasteiger partial charge in [0.25, 0.3) is 0 Å². The zero-order valence-electron chi connectivity index (χ0n) is 17.8. The molecule has 3 heterocycles. The summed E-state index contributed by atoms with van der Waals surface area (Å²) in [6.07, 6.45) is 0.138. The van der Waals surface area contributed by atoms with E-state index in [9.17, 15) is 14.0 Å². The fraction of sp³-hybridized carbons (Fsp3) is 0.348. The van der Waals surface area contributed by atoms with E-state index in [-0.39, 0.29) is 30.6 Å². The first-order valence-corrected chi connectivity index (χ1v) is 11.5. The van der Waals surface area contributed by atoms with Crippen molar-refractivity contribution in [2.24, 2.45) is 5.92 Å². The lowest BCUT2D eigenvalue weighted by Gasteiger charge is -2.31. The highest BCUT2D eigenvalue weighted by molar-refractivity contribution is 7.22. The number of thiazole rings is 1. The Balaban J connectivity index is 1.26. The number of hydrogen-bond acceptors (Lipinski definition) is 6. The van der Waals surface area contributed by atoms with Gasteiger partial charge in [0.05, 0.1) is 16.1 Å². The maximum Gasteiger partial charge on any atom is 0.229 e. The van der Waals surface area contributed by atoms with Gasteiger partial charge in [-0.3, -0.25) is 9.59 Å². The molecular weight excluding hydrogens is 429 g/mol. The average molecular weight is 454 g/mol. The zero-order valence-corrected chi connectivity index (χ0v) is 18.6. The van der Waals surface area contributed by atoms with Crippen molar-refractivity contribution < 1.29 is 14.0 Å². The molecule has 2 fully saturated rings. The Kier molecular flexibility index (Phi) is 5.52. The van der Waals surface area contributed by atoms with Crippen molar-refractivity contribution in [3.8, 4) is 0 Å². The van der Waals surface area contributed by atoms with Crippen LogP contribution in [0, 0.1) is 11.7 Å². The average Bonchev–Trinajstić information content (AvgIpc) is 3.38. The number of halogens is 1. The molecule has 1 aromatic heterocycles. The van der Waals surface area contributed by atoms with Crippen LogP contribution < -0.4 is 15.1 Å². The molecule has 2 aromatic carbocycles. The third-order valence-corrected chi connectivity index (χ3v) is 7.13. The molecule has 3 aromatic rings. The molecule has 0 bridgehead atoms. The van der Waals surface area contributed by atoms with E-state index in [0.717, 1.165) is 41.5 Å². The van der Waals surface area contributed by atoms with E-state index in [2.05, 4.69) is 22.2 Å². The minimum atomic E-state index is -0.453. The van der Waals surface area contributed by atoms with Crippen LogP contribution in [-0.2, 0) is 9.59 Å². The van der Waals surface area contributed by atoms with Gasteiger partial charge < -0.3 is 20.0 Å². The first-order chi connectivity index (χ1) is 15.5. The summed E-state index contributed by atoms with van der Waals surface area (Å²) in [5, 5.41) is 3.96. The van der Waals surface area contributed by atoms with Gasteiger partial charge in [-0.15, -0.1) is 0 Å². The number of likely N-dealkylation sites (N-methyl/N-ethyl adjacent to an activating group) is 1. The second-order valence-corrected chi connectivity index (χ2v) is 9.35. The lowest BCUT2D eigenvalue weighted by molar-refractivity contribution is -0.122. The molecule has 1 atom stereocenters. The molecule has 7 nitrogen and oxygen atoms in total. The predicted molar refractivity (Wildman–Crippen MR) is 125 cm³/mol. The Morgan fingerprint density at radius 2 is 1.88 bits per heavy atom. The SMILES string of the molecule is CN1CCN(c2nc3ccc(NC(=O)C4CC(=O)N(c5ccc(F)cc5)C4)cc3s2)CC1. The van der Waals surface area contributed by atoms with E-state index >= 15 is 0 Å². The lowest BCUT2D eigenvalue weighted by Crippen LogP contribution is -2.44. The topological polar surface area (TPSA) is 68.8 Å². The van der Waals surface area contributed by atoms with Crippen molar-refractivity contribution in [1.29, 1.82) is 0 Å². The smallest absolute Gasteiger partial charge is 0.229 e. The van der Waals surface area contributed by atoms with Crippen LogP contribution in [0.5, 0.6) is 0 Å².